The smallest absolute Gasteiger partial charge is 0.227 e. The molecule has 1 N–H and O–H groups in total. The van der Waals surface area contributed by atoms with Crippen molar-refractivity contribution < 1.29 is 9.53 Å². The van der Waals surface area contributed by atoms with Crippen molar-refractivity contribution in [3.8, 4) is 5.75 Å². The average Bonchev–Trinajstić information content (AvgIpc) is 2.88. The number of carbonyl (C=O) groups excluding carboxylic acids is 1. The third-order valence-corrected chi connectivity index (χ3v) is 3.48. The molecule has 4 heteroatoms. The van der Waals surface area contributed by atoms with Gasteiger partial charge in [0.25, 0.3) is 0 Å². The third kappa shape index (κ3) is 2.82. The molecule has 0 saturated carbocycles. The molecule has 1 amide bonds. The number of para-hydroxylation sites is 1. The lowest BCUT2D eigenvalue weighted by Crippen LogP contribution is -2.34. The summed E-state index contributed by atoms with van der Waals surface area (Å²) in [7, 11) is 3.58. The fourth-order valence-electron chi connectivity index (χ4n) is 2.35. The number of ether oxygens (including phenoxy) is 1. The summed E-state index contributed by atoms with van der Waals surface area (Å²) < 4.78 is 5.27. The highest BCUT2D eigenvalue weighted by Gasteiger charge is 2.25. The second-order valence-corrected chi connectivity index (χ2v) is 4.60. The summed E-state index contributed by atoms with van der Waals surface area (Å²) >= 11 is 0. The van der Waals surface area contributed by atoms with Gasteiger partial charge < -0.3 is 15.0 Å². The van der Waals surface area contributed by atoms with Gasteiger partial charge in [-0.05, 0) is 19.5 Å². The molecule has 0 bridgehead atoms. The van der Waals surface area contributed by atoms with Crippen molar-refractivity contribution in [1.29, 1.82) is 0 Å². The molecule has 0 aliphatic carbocycles. The highest BCUT2D eigenvalue weighted by atomic mass is 16.5. The molecule has 0 radical (unpaired) electrons. The van der Waals surface area contributed by atoms with Crippen LogP contribution in [-0.2, 0) is 11.2 Å². The normalized spacial score (nSPS) is 19.0. The Morgan fingerprint density at radius 1 is 1.50 bits per heavy atom. The quantitative estimate of drug-likeness (QED) is 0.866. The molecule has 1 atom stereocenters. The zero-order chi connectivity index (χ0) is 13.0. The predicted octanol–water partition coefficient (Wildman–Crippen LogP) is 1.06. The Labute approximate surface area is 108 Å². The molecule has 18 heavy (non-hydrogen) atoms. The van der Waals surface area contributed by atoms with E-state index in [0.29, 0.717) is 12.5 Å². The SMILES string of the molecule is CNC1CCN(C(=O)Cc2ccccc2OC)C1. The summed E-state index contributed by atoms with van der Waals surface area (Å²) in [4.78, 5) is 14.1. The van der Waals surface area contributed by atoms with Crippen LogP contribution in [-0.4, -0.2) is 44.1 Å². The van der Waals surface area contributed by atoms with Crippen molar-refractivity contribution in [2.24, 2.45) is 0 Å². The summed E-state index contributed by atoms with van der Waals surface area (Å²) in [6.07, 6.45) is 1.45. The molecule has 0 spiro atoms. The summed E-state index contributed by atoms with van der Waals surface area (Å²) in [6.45, 7) is 1.66. The van der Waals surface area contributed by atoms with Gasteiger partial charge in [0.05, 0.1) is 13.5 Å². The molecule has 1 fully saturated rings. The largest absolute Gasteiger partial charge is 0.496 e. The van der Waals surface area contributed by atoms with Crippen LogP contribution in [0.2, 0.25) is 0 Å². The third-order valence-electron chi connectivity index (χ3n) is 3.48. The van der Waals surface area contributed by atoms with E-state index in [-0.39, 0.29) is 5.91 Å². The van der Waals surface area contributed by atoms with E-state index in [4.69, 9.17) is 4.74 Å². The van der Waals surface area contributed by atoms with Crippen LogP contribution in [0.4, 0.5) is 0 Å². The van der Waals surface area contributed by atoms with Crippen LogP contribution in [0, 0.1) is 0 Å². The molecular formula is C14H20N2O2. The van der Waals surface area contributed by atoms with Crippen molar-refractivity contribution in [1.82, 2.24) is 10.2 Å². The van der Waals surface area contributed by atoms with E-state index in [0.717, 1.165) is 30.8 Å². The van der Waals surface area contributed by atoms with Crippen LogP contribution in [0.3, 0.4) is 0 Å². The molecule has 4 nitrogen and oxygen atoms in total. The number of amides is 1. The van der Waals surface area contributed by atoms with Gasteiger partial charge in [-0.25, -0.2) is 0 Å². The van der Waals surface area contributed by atoms with Crippen LogP contribution < -0.4 is 10.1 Å². The lowest BCUT2D eigenvalue weighted by atomic mass is 10.1. The van der Waals surface area contributed by atoms with E-state index in [2.05, 4.69) is 5.32 Å². The maximum absolute atomic E-state index is 12.2. The fraction of sp³-hybridized carbons (Fsp3) is 0.500. The van der Waals surface area contributed by atoms with E-state index in [9.17, 15) is 4.79 Å². The Bertz CT molecular complexity index is 420. The molecular weight excluding hydrogens is 228 g/mol. The van der Waals surface area contributed by atoms with E-state index in [1.807, 2.05) is 36.2 Å². The van der Waals surface area contributed by atoms with Crippen LogP contribution >= 0.6 is 0 Å². The van der Waals surface area contributed by atoms with Gasteiger partial charge in [-0.1, -0.05) is 18.2 Å². The number of benzene rings is 1. The molecule has 1 saturated heterocycles. The number of nitrogens with zero attached hydrogens (tertiary/aromatic N) is 1. The Balaban J connectivity index is 1.99. The molecule has 2 rings (SSSR count). The minimum Gasteiger partial charge on any atom is -0.496 e. The maximum atomic E-state index is 12.2. The number of hydrogen-bond donors (Lipinski definition) is 1. The molecule has 1 aromatic carbocycles. The van der Waals surface area contributed by atoms with Gasteiger partial charge in [0.2, 0.25) is 5.91 Å². The predicted molar refractivity (Wildman–Crippen MR) is 70.7 cm³/mol. The van der Waals surface area contributed by atoms with Crippen molar-refractivity contribution in [2.45, 2.75) is 18.9 Å². The Hall–Kier alpha value is -1.55. The lowest BCUT2D eigenvalue weighted by molar-refractivity contribution is -0.129. The Morgan fingerprint density at radius 2 is 2.28 bits per heavy atom. The summed E-state index contributed by atoms with van der Waals surface area (Å²) in [5.74, 6) is 0.965. The first kappa shape index (κ1) is 12.9. The minimum absolute atomic E-state index is 0.178. The highest BCUT2D eigenvalue weighted by Crippen LogP contribution is 2.19. The van der Waals surface area contributed by atoms with Crippen LogP contribution in [0.15, 0.2) is 24.3 Å². The van der Waals surface area contributed by atoms with Crippen LogP contribution in [0.1, 0.15) is 12.0 Å². The second-order valence-electron chi connectivity index (χ2n) is 4.60. The molecule has 98 valence electrons. The van der Waals surface area contributed by atoms with Gasteiger partial charge >= 0.3 is 0 Å². The highest BCUT2D eigenvalue weighted by molar-refractivity contribution is 5.79. The molecule has 1 aliphatic heterocycles. The number of carbonyl (C=O) groups is 1. The van der Waals surface area contributed by atoms with E-state index in [1.165, 1.54) is 0 Å². The summed E-state index contributed by atoms with van der Waals surface area (Å²) in [5, 5.41) is 3.22. The van der Waals surface area contributed by atoms with Gasteiger partial charge in [-0.3, -0.25) is 4.79 Å². The van der Waals surface area contributed by atoms with E-state index in [1.54, 1.807) is 7.11 Å². The molecule has 1 aromatic rings. The molecule has 1 aliphatic rings. The van der Waals surface area contributed by atoms with E-state index >= 15 is 0 Å². The first-order chi connectivity index (χ1) is 8.74. The van der Waals surface area contributed by atoms with Gasteiger partial charge in [0, 0.05) is 24.7 Å². The van der Waals surface area contributed by atoms with Crippen molar-refractivity contribution >= 4 is 5.91 Å². The standard InChI is InChI=1S/C14H20N2O2/c1-15-12-7-8-16(10-12)14(17)9-11-5-3-4-6-13(11)18-2/h3-6,12,15H,7-10H2,1-2H3. The van der Waals surface area contributed by atoms with Gasteiger partial charge in [0.1, 0.15) is 5.75 Å². The van der Waals surface area contributed by atoms with Gasteiger partial charge in [-0.2, -0.15) is 0 Å². The van der Waals surface area contributed by atoms with Crippen molar-refractivity contribution in [3.05, 3.63) is 29.8 Å². The topological polar surface area (TPSA) is 41.6 Å². The van der Waals surface area contributed by atoms with Gasteiger partial charge in [0.15, 0.2) is 0 Å². The van der Waals surface area contributed by atoms with Crippen LogP contribution in [0.5, 0.6) is 5.75 Å². The van der Waals surface area contributed by atoms with Crippen LogP contribution in [0.25, 0.3) is 0 Å². The maximum Gasteiger partial charge on any atom is 0.227 e. The first-order valence-corrected chi connectivity index (χ1v) is 6.31. The van der Waals surface area contributed by atoms with E-state index < -0.39 is 0 Å². The zero-order valence-electron chi connectivity index (χ0n) is 11.0. The number of rotatable bonds is 4. The Kier molecular flexibility index (Phi) is 4.20. The van der Waals surface area contributed by atoms with Crippen molar-refractivity contribution in [2.75, 3.05) is 27.2 Å². The zero-order valence-corrected chi connectivity index (χ0v) is 11.0. The first-order valence-electron chi connectivity index (χ1n) is 6.31. The average molecular weight is 248 g/mol. The molecule has 0 aromatic heterocycles. The fourth-order valence-corrected chi connectivity index (χ4v) is 2.35. The summed E-state index contributed by atoms with van der Waals surface area (Å²) in [6, 6.07) is 8.13. The number of nitrogens with one attached hydrogen (secondary N) is 1. The monoisotopic (exact) mass is 248 g/mol. The molecule has 1 heterocycles. The number of likely N-dealkylation sites (tertiary alicyclic amines) is 1. The lowest BCUT2D eigenvalue weighted by Gasteiger charge is -2.17. The van der Waals surface area contributed by atoms with Crippen molar-refractivity contribution in [3.63, 3.8) is 0 Å². The number of likely N-dealkylation sites (N-methyl/N-ethyl adjacent to an activating group) is 1. The Morgan fingerprint density at radius 3 is 2.94 bits per heavy atom. The van der Waals surface area contributed by atoms with Gasteiger partial charge in [-0.15, -0.1) is 0 Å². The number of hydrogen-bond acceptors (Lipinski definition) is 3. The summed E-state index contributed by atoms with van der Waals surface area (Å²) in [5.41, 5.74) is 0.956. The number of methoxy groups -OCH3 is 1. The minimum atomic E-state index is 0.178. The second kappa shape index (κ2) is 5.87. The molecule has 1 unspecified atom stereocenters.